The topological polar surface area (TPSA) is 32.3 Å². The van der Waals surface area contributed by atoms with E-state index in [-0.39, 0.29) is 5.54 Å². The molecule has 2 atom stereocenters. The first kappa shape index (κ1) is 22.1. The molecule has 1 heterocycles. The fourth-order valence-corrected chi connectivity index (χ4v) is 6.05. The second kappa shape index (κ2) is 11.6. The van der Waals surface area contributed by atoms with Crippen LogP contribution in [0.2, 0.25) is 0 Å². The van der Waals surface area contributed by atoms with Gasteiger partial charge in [0.15, 0.2) is 0 Å². The summed E-state index contributed by atoms with van der Waals surface area (Å²) >= 11 is 0. The molecule has 1 spiro atoms. The zero-order valence-electron chi connectivity index (χ0n) is 18.7. The Labute approximate surface area is 174 Å². The highest BCUT2D eigenvalue weighted by Gasteiger charge is 2.51. The molecule has 1 amide bonds. The Hall–Kier alpha value is -0.570. The van der Waals surface area contributed by atoms with Crippen molar-refractivity contribution in [3.63, 3.8) is 0 Å². The van der Waals surface area contributed by atoms with Crippen LogP contribution in [0.15, 0.2) is 0 Å². The molecule has 3 heteroatoms. The average molecular weight is 391 g/mol. The van der Waals surface area contributed by atoms with Gasteiger partial charge in [-0.05, 0) is 32.1 Å². The van der Waals surface area contributed by atoms with Crippen molar-refractivity contribution in [2.75, 3.05) is 6.54 Å². The Kier molecular flexibility index (Phi) is 9.14. The van der Waals surface area contributed by atoms with Crippen LogP contribution in [-0.4, -0.2) is 35.0 Å². The number of nitrogens with one attached hydrogen (secondary N) is 1. The highest BCUT2D eigenvalue weighted by atomic mass is 16.2. The molecule has 0 aromatic heterocycles. The lowest BCUT2D eigenvalue weighted by Crippen LogP contribution is -2.72. The first-order valence-corrected chi connectivity index (χ1v) is 12.9. The highest BCUT2D eigenvalue weighted by Crippen LogP contribution is 2.38. The Balaban J connectivity index is 1.41. The van der Waals surface area contributed by atoms with Gasteiger partial charge in [0.05, 0.1) is 5.54 Å². The molecule has 162 valence electrons. The lowest BCUT2D eigenvalue weighted by atomic mass is 9.74. The molecule has 2 aliphatic carbocycles. The van der Waals surface area contributed by atoms with Crippen LogP contribution in [0.4, 0.5) is 0 Å². The van der Waals surface area contributed by atoms with Crippen molar-refractivity contribution in [1.82, 2.24) is 10.2 Å². The van der Waals surface area contributed by atoms with E-state index >= 15 is 0 Å². The number of rotatable bonds is 11. The molecule has 3 nitrogen and oxygen atoms in total. The highest BCUT2D eigenvalue weighted by molar-refractivity contribution is 5.88. The Morgan fingerprint density at radius 3 is 2.11 bits per heavy atom. The minimum absolute atomic E-state index is 0.199. The summed E-state index contributed by atoms with van der Waals surface area (Å²) in [4.78, 5) is 15.9. The van der Waals surface area contributed by atoms with Crippen molar-refractivity contribution in [3.05, 3.63) is 0 Å². The average Bonchev–Trinajstić information content (AvgIpc) is 2.72. The summed E-state index contributed by atoms with van der Waals surface area (Å²) in [5.41, 5.74) is -0.199. The van der Waals surface area contributed by atoms with Crippen molar-refractivity contribution in [1.29, 1.82) is 0 Å². The van der Waals surface area contributed by atoms with Crippen LogP contribution in [-0.2, 0) is 4.79 Å². The van der Waals surface area contributed by atoms with Crippen LogP contribution in [0.3, 0.4) is 0 Å². The molecule has 0 bridgehead atoms. The molecule has 3 rings (SSSR count). The smallest absolute Gasteiger partial charge is 0.243 e. The van der Waals surface area contributed by atoms with Crippen LogP contribution in [0.5, 0.6) is 0 Å². The minimum Gasteiger partial charge on any atom is -0.337 e. The van der Waals surface area contributed by atoms with Gasteiger partial charge >= 0.3 is 0 Å². The number of unbranched alkanes of at least 4 members (excludes halogenated alkanes) is 9. The first-order chi connectivity index (χ1) is 13.8. The molecule has 2 saturated carbocycles. The third-order valence-corrected chi connectivity index (χ3v) is 7.72. The predicted octanol–water partition coefficient (Wildman–Crippen LogP) is 6.35. The SMILES string of the molecule is CCCCCCCCCCCCN1C(=O)C2(CCCCC2)N[C@H]2CCCC[C@@H]21. The maximum atomic E-state index is 13.5. The van der Waals surface area contributed by atoms with Crippen LogP contribution < -0.4 is 5.32 Å². The number of carbonyl (C=O) groups is 1. The zero-order chi connectivity index (χ0) is 19.7. The van der Waals surface area contributed by atoms with E-state index in [1.807, 2.05) is 0 Å². The van der Waals surface area contributed by atoms with Gasteiger partial charge in [-0.15, -0.1) is 0 Å². The number of piperazine rings is 1. The van der Waals surface area contributed by atoms with E-state index in [0.717, 1.165) is 19.4 Å². The number of hydrogen-bond acceptors (Lipinski definition) is 2. The summed E-state index contributed by atoms with van der Waals surface area (Å²) in [5, 5.41) is 3.90. The van der Waals surface area contributed by atoms with E-state index in [1.165, 1.54) is 109 Å². The van der Waals surface area contributed by atoms with Gasteiger partial charge in [-0.3, -0.25) is 10.1 Å². The lowest BCUT2D eigenvalue weighted by molar-refractivity contribution is -0.151. The molecular weight excluding hydrogens is 344 g/mol. The van der Waals surface area contributed by atoms with Crippen molar-refractivity contribution < 1.29 is 4.79 Å². The maximum Gasteiger partial charge on any atom is 0.243 e. The van der Waals surface area contributed by atoms with Crippen LogP contribution in [0.25, 0.3) is 0 Å². The molecule has 1 aliphatic heterocycles. The van der Waals surface area contributed by atoms with Gasteiger partial charge in [0.25, 0.3) is 0 Å². The van der Waals surface area contributed by atoms with E-state index in [4.69, 9.17) is 0 Å². The van der Waals surface area contributed by atoms with Crippen LogP contribution in [0.1, 0.15) is 129 Å². The zero-order valence-corrected chi connectivity index (χ0v) is 18.7. The monoisotopic (exact) mass is 390 g/mol. The molecular formula is C25H46N2O. The van der Waals surface area contributed by atoms with Crippen molar-refractivity contribution in [3.8, 4) is 0 Å². The van der Waals surface area contributed by atoms with Gasteiger partial charge in [0.2, 0.25) is 5.91 Å². The van der Waals surface area contributed by atoms with E-state index in [2.05, 4.69) is 17.1 Å². The Morgan fingerprint density at radius 1 is 0.821 bits per heavy atom. The summed E-state index contributed by atoms with van der Waals surface area (Å²) in [7, 11) is 0. The largest absolute Gasteiger partial charge is 0.337 e. The quantitative estimate of drug-likeness (QED) is 0.417. The van der Waals surface area contributed by atoms with Crippen molar-refractivity contribution in [2.24, 2.45) is 0 Å². The predicted molar refractivity (Wildman–Crippen MR) is 119 cm³/mol. The van der Waals surface area contributed by atoms with E-state index < -0.39 is 0 Å². The normalized spacial score (nSPS) is 27.2. The molecule has 3 aliphatic rings. The van der Waals surface area contributed by atoms with Gasteiger partial charge in [-0.2, -0.15) is 0 Å². The maximum absolute atomic E-state index is 13.5. The molecule has 0 aromatic carbocycles. The summed E-state index contributed by atoms with van der Waals surface area (Å²) < 4.78 is 0. The third-order valence-electron chi connectivity index (χ3n) is 7.72. The second-order valence-electron chi connectivity index (χ2n) is 9.93. The van der Waals surface area contributed by atoms with Gasteiger partial charge in [0.1, 0.15) is 0 Å². The van der Waals surface area contributed by atoms with Gasteiger partial charge < -0.3 is 4.90 Å². The van der Waals surface area contributed by atoms with Crippen LogP contribution >= 0.6 is 0 Å². The summed E-state index contributed by atoms with van der Waals surface area (Å²) in [5.74, 6) is 0.464. The van der Waals surface area contributed by atoms with Gasteiger partial charge in [-0.25, -0.2) is 0 Å². The number of fused-ring (bicyclic) bond motifs is 1. The number of carbonyl (C=O) groups excluding carboxylic acids is 1. The third kappa shape index (κ3) is 5.74. The molecule has 0 unspecified atom stereocenters. The summed E-state index contributed by atoms with van der Waals surface area (Å²) in [6.07, 6.45) is 24.7. The standard InChI is InChI=1S/C25H46N2O/c1-2-3-4-5-6-7-8-9-10-16-21-27-23-18-13-12-17-22(23)26-25(24(27)28)19-14-11-15-20-25/h22-23,26H,2-21H2,1H3/t22-,23-/m0/s1. The van der Waals surface area contributed by atoms with Crippen LogP contribution in [0, 0.1) is 0 Å². The molecule has 1 saturated heterocycles. The number of hydrogen-bond donors (Lipinski definition) is 1. The minimum atomic E-state index is -0.199. The number of amides is 1. The van der Waals surface area contributed by atoms with Gasteiger partial charge in [-0.1, -0.05) is 96.8 Å². The molecule has 0 aromatic rings. The second-order valence-corrected chi connectivity index (χ2v) is 9.93. The van der Waals surface area contributed by atoms with E-state index in [9.17, 15) is 4.79 Å². The first-order valence-electron chi connectivity index (χ1n) is 12.9. The van der Waals surface area contributed by atoms with Gasteiger partial charge in [0, 0.05) is 18.6 Å². The molecule has 28 heavy (non-hydrogen) atoms. The van der Waals surface area contributed by atoms with Crippen molar-refractivity contribution in [2.45, 2.75) is 147 Å². The molecule has 3 fully saturated rings. The van der Waals surface area contributed by atoms with Crippen molar-refractivity contribution >= 4 is 5.91 Å². The lowest BCUT2D eigenvalue weighted by Gasteiger charge is -2.54. The Morgan fingerprint density at radius 2 is 1.43 bits per heavy atom. The summed E-state index contributed by atoms with van der Waals surface area (Å²) in [6.45, 7) is 3.30. The van der Waals surface area contributed by atoms with E-state index in [1.54, 1.807) is 0 Å². The fourth-order valence-electron chi connectivity index (χ4n) is 6.05. The number of nitrogens with zero attached hydrogens (tertiary/aromatic N) is 1. The summed E-state index contributed by atoms with van der Waals surface area (Å²) in [6, 6.07) is 1.04. The fraction of sp³-hybridized carbons (Fsp3) is 0.960. The molecule has 1 N–H and O–H groups in total. The Bertz CT molecular complexity index is 457. The van der Waals surface area contributed by atoms with E-state index in [0.29, 0.717) is 18.0 Å². The molecule has 0 radical (unpaired) electrons.